The van der Waals surface area contributed by atoms with Gasteiger partial charge < -0.3 is 15.2 Å². The second-order valence-corrected chi connectivity index (χ2v) is 2.83. The van der Waals surface area contributed by atoms with Gasteiger partial charge >= 0.3 is 11.9 Å². The number of nitrogens with one attached hydrogen (secondary N) is 1. The maximum absolute atomic E-state index is 11.0. The summed E-state index contributed by atoms with van der Waals surface area (Å²) in [4.78, 5) is 31.9. The number of carboxylic acid groups (broad SMARTS) is 1. The van der Waals surface area contributed by atoms with Crippen molar-refractivity contribution in [2.24, 2.45) is 0 Å². The van der Waals surface area contributed by atoms with Crippen LogP contribution in [-0.4, -0.2) is 36.1 Å². The van der Waals surface area contributed by atoms with Gasteiger partial charge in [0.25, 0.3) is 0 Å². The molecule has 1 amide bonds. The molecule has 0 atom stereocenters. The lowest BCUT2D eigenvalue weighted by Crippen LogP contribution is -2.29. The minimum absolute atomic E-state index is 0.131. The molecule has 0 aromatic heterocycles. The van der Waals surface area contributed by atoms with Gasteiger partial charge in [-0.15, -0.1) is 0 Å². The molecule has 0 saturated heterocycles. The molecule has 0 unspecified atom stereocenters. The zero-order valence-corrected chi connectivity index (χ0v) is 8.62. The minimum Gasteiger partial charge on any atom is -0.480 e. The van der Waals surface area contributed by atoms with Gasteiger partial charge in [-0.1, -0.05) is 0 Å². The van der Waals surface area contributed by atoms with Crippen LogP contribution in [0.25, 0.3) is 0 Å². The van der Waals surface area contributed by atoms with Gasteiger partial charge in [-0.2, -0.15) is 0 Å². The van der Waals surface area contributed by atoms with Crippen LogP contribution in [0.1, 0.15) is 26.2 Å². The topological polar surface area (TPSA) is 92.7 Å². The predicted molar refractivity (Wildman–Crippen MR) is 51.1 cm³/mol. The summed E-state index contributed by atoms with van der Waals surface area (Å²) < 4.78 is 4.66. The number of rotatable bonds is 7. The molecule has 86 valence electrons. The van der Waals surface area contributed by atoms with Crippen LogP contribution in [0, 0.1) is 0 Å². The summed E-state index contributed by atoms with van der Waals surface area (Å²) in [6.07, 6.45) is 0.671. The summed E-state index contributed by atoms with van der Waals surface area (Å²) in [6, 6.07) is 0. The van der Waals surface area contributed by atoms with Crippen molar-refractivity contribution in [3.63, 3.8) is 0 Å². The number of amides is 1. The molecule has 0 rings (SSSR count). The molecule has 2 N–H and O–H groups in total. The third-order valence-corrected chi connectivity index (χ3v) is 1.53. The van der Waals surface area contributed by atoms with Crippen LogP contribution in [-0.2, 0) is 19.1 Å². The van der Waals surface area contributed by atoms with Crippen molar-refractivity contribution in [3.8, 4) is 0 Å². The zero-order chi connectivity index (χ0) is 11.7. The Morgan fingerprint density at radius 1 is 1.27 bits per heavy atom. The summed E-state index contributed by atoms with van der Waals surface area (Å²) in [5.74, 6) is -1.81. The summed E-state index contributed by atoms with van der Waals surface area (Å²) in [6.45, 7) is 1.64. The molecular formula is C9H15NO5. The minimum atomic E-state index is -1.09. The molecular weight excluding hydrogens is 202 g/mol. The first-order valence-corrected chi connectivity index (χ1v) is 4.70. The molecule has 6 heteroatoms. The molecule has 0 aromatic carbocycles. The Balaban J connectivity index is 3.46. The Bertz CT molecular complexity index is 239. The number of carboxylic acids is 1. The molecule has 0 spiro atoms. The monoisotopic (exact) mass is 217 g/mol. The zero-order valence-electron chi connectivity index (χ0n) is 8.62. The summed E-state index contributed by atoms with van der Waals surface area (Å²) in [5, 5.41) is 10.5. The Labute approximate surface area is 87.6 Å². The van der Waals surface area contributed by atoms with E-state index in [2.05, 4.69) is 10.1 Å². The average molecular weight is 217 g/mol. The lowest BCUT2D eigenvalue weighted by molar-refractivity contribution is -0.143. The summed E-state index contributed by atoms with van der Waals surface area (Å²) >= 11 is 0. The van der Waals surface area contributed by atoms with Crippen LogP contribution >= 0.6 is 0 Å². The molecule has 0 heterocycles. The molecule has 0 saturated carbocycles. The Hall–Kier alpha value is -1.59. The van der Waals surface area contributed by atoms with Crippen LogP contribution in [0.15, 0.2) is 0 Å². The third kappa shape index (κ3) is 8.73. The first-order chi connectivity index (χ1) is 7.06. The predicted octanol–water partition coefficient (Wildman–Crippen LogP) is -0.0794. The molecule has 0 aromatic rings. The van der Waals surface area contributed by atoms with Crippen molar-refractivity contribution in [2.45, 2.75) is 26.2 Å². The van der Waals surface area contributed by atoms with Crippen LogP contribution in [0.3, 0.4) is 0 Å². The molecule has 0 bridgehead atoms. The fourth-order valence-electron chi connectivity index (χ4n) is 0.889. The maximum atomic E-state index is 11.0. The van der Waals surface area contributed by atoms with Gasteiger partial charge in [0, 0.05) is 12.8 Å². The highest BCUT2D eigenvalue weighted by molar-refractivity contribution is 5.81. The van der Waals surface area contributed by atoms with E-state index in [-0.39, 0.29) is 24.7 Å². The number of hydrogen-bond acceptors (Lipinski definition) is 4. The normalized spacial score (nSPS) is 9.40. The van der Waals surface area contributed by atoms with E-state index >= 15 is 0 Å². The molecule has 0 fully saturated rings. The first kappa shape index (κ1) is 13.4. The molecule has 6 nitrogen and oxygen atoms in total. The second kappa shape index (κ2) is 7.78. The number of esters is 1. The molecule has 0 aliphatic heterocycles. The number of ether oxygens (including phenoxy) is 1. The fraction of sp³-hybridized carbons (Fsp3) is 0.667. The molecule has 0 aliphatic carbocycles. The van der Waals surface area contributed by atoms with Crippen LogP contribution in [0.4, 0.5) is 0 Å². The van der Waals surface area contributed by atoms with Crippen molar-refractivity contribution < 1.29 is 24.2 Å². The Morgan fingerprint density at radius 2 is 1.93 bits per heavy atom. The van der Waals surface area contributed by atoms with E-state index in [0.29, 0.717) is 13.0 Å². The van der Waals surface area contributed by atoms with E-state index in [1.54, 1.807) is 6.92 Å². The van der Waals surface area contributed by atoms with Crippen LogP contribution < -0.4 is 5.32 Å². The van der Waals surface area contributed by atoms with Crippen LogP contribution in [0.5, 0.6) is 0 Å². The first-order valence-electron chi connectivity index (χ1n) is 4.70. The highest BCUT2D eigenvalue weighted by Crippen LogP contribution is 1.97. The van der Waals surface area contributed by atoms with Crippen molar-refractivity contribution in [2.75, 3.05) is 13.2 Å². The summed E-state index contributed by atoms with van der Waals surface area (Å²) in [7, 11) is 0. The van der Waals surface area contributed by atoms with Crippen molar-refractivity contribution in [3.05, 3.63) is 0 Å². The van der Waals surface area contributed by atoms with E-state index in [1.807, 2.05) is 0 Å². The Morgan fingerprint density at radius 3 is 2.47 bits per heavy atom. The quantitative estimate of drug-likeness (QED) is 0.582. The lowest BCUT2D eigenvalue weighted by Gasteiger charge is -2.02. The van der Waals surface area contributed by atoms with Crippen LogP contribution in [0.2, 0.25) is 0 Å². The highest BCUT2D eigenvalue weighted by Gasteiger charge is 2.06. The number of aliphatic carboxylic acids is 1. The maximum Gasteiger partial charge on any atom is 0.322 e. The van der Waals surface area contributed by atoms with Crippen molar-refractivity contribution in [1.82, 2.24) is 5.32 Å². The van der Waals surface area contributed by atoms with E-state index in [0.717, 1.165) is 0 Å². The molecule has 0 aliphatic rings. The van der Waals surface area contributed by atoms with Gasteiger partial charge in [-0.25, -0.2) is 0 Å². The van der Waals surface area contributed by atoms with Gasteiger partial charge in [0.05, 0.1) is 6.61 Å². The van der Waals surface area contributed by atoms with Gasteiger partial charge in [0.15, 0.2) is 0 Å². The standard InChI is InChI=1S/C9H15NO5/c1-2-15-9(14)5-3-4-7(11)10-6-8(12)13/h2-6H2,1H3,(H,10,11)(H,12,13). The highest BCUT2D eigenvalue weighted by atomic mass is 16.5. The average Bonchev–Trinajstić information content (AvgIpc) is 2.15. The fourth-order valence-corrected chi connectivity index (χ4v) is 0.889. The van der Waals surface area contributed by atoms with Gasteiger partial charge in [0.1, 0.15) is 6.54 Å². The van der Waals surface area contributed by atoms with Gasteiger partial charge in [0.2, 0.25) is 5.91 Å². The van der Waals surface area contributed by atoms with E-state index in [1.165, 1.54) is 0 Å². The number of hydrogen-bond donors (Lipinski definition) is 2. The largest absolute Gasteiger partial charge is 0.480 e. The van der Waals surface area contributed by atoms with Crippen molar-refractivity contribution >= 4 is 17.8 Å². The van der Waals surface area contributed by atoms with E-state index in [9.17, 15) is 14.4 Å². The van der Waals surface area contributed by atoms with E-state index < -0.39 is 12.5 Å². The van der Waals surface area contributed by atoms with E-state index in [4.69, 9.17) is 5.11 Å². The number of carbonyl (C=O) groups is 3. The third-order valence-electron chi connectivity index (χ3n) is 1.53. The van der Waals surface area contributed by atoms with Gasteiger partial charge in [-0.3, -0.25) is 14.4 Å². The second-order valence-electron chi connectivity index (χ2n) is 2.83. The summed E-state index contributed by atoms with van der Waals surface area (Å²) in [5.41, 5.74) is 0. The molecule has 0 radical (unpaired) electrons. The molecule has 15 heavy (non-hydrogen) atoms. The van der Waals surface area contributed by atoms with Gasteiger partial charge in [-0.05, 0) is 13.3 Å². The SMILES string of the molecule is CCOC(=O)CCCC(=O)NCC(=O)O. The lowest BCUT2D eigenvalue weighted by atomic mass is 10.2. The van der Waals surface area contributed by atoms with Crippen molar-refractivity contribution in [1.29, 1.82) is 0 Å². The number of carbonyl (C=O) groups excluding carboxylic acids is 2. The Kier molecular flexibility index (Phi) is 6.96. The smallest absolute Gasteiger partial charge is 0.322 e.